The van der Waals surface area contributed by atoms with Gasteiger partial charge in [0.2, 0.25) is 5.91 Å². The molecule has 4 rings (SSSR count). The molecule has 1 saturated heterocycles. The zero-order chi connectivity index (χ0) is 21.3. The largest absolute Gasteiger partial charge is 0.381 e. The molecule has 0 saturated carbocycles. The van der Waals surface area contributed by atoms with Crippen molar-refractivity contribution in [2.24, 2.45) is 0 Å². The van der Waals surface area contributed by atoms with E-state index >= 15 is 0 Å². The summed E-state index contributed by atoms with van der Waals surface area (Å²) >= 11 is 0. The van der Waals surface area contributed by atoms with E-state index in [0.29, 0.717) is 31.6 Å². The molecule has 158 valence electrons. The zero-order valence-electron chi connectivity index (χ0n) is 17.7. The van der Waals surface area contributed by atoms with Gasteiger partial charge in [-0.2, -0.15) is 0 Å². The molecule has 0 spiro atoms. The van der Waals surface area contributed by atoms with Crippen molar-refractivity contribution >= 4 is 16.9 Å². The molecule has 1 aromatic heterocycles. The molecular formula is C24H28FN3O2. The summed E-state index contributed by atoms with van der Waals surface area (Å²) in [4.78, 5) is 18.4. The first-order valence-corrected chi connectivity index (χ1v) is 10.5. The molecule has 0 aliphatic carbocycles. The number of carbonyl (C=O) groups is 1. The van der Waals surface area contributed by atoms with Crippen molar-refractivity contribution in [1.82, 2.24) is 14.9 Å². The lowest BCUT2D eigenvalue weighted by atomic mass is 9.73. The number of fused-ring (bicyclic) bond motifs is 1. The summed E-state index contributed by atoms with van der Waals surface area (Å²) in [7, 11) is 0. The van der Waals surface area contributed by atoms with Gasteiger partial charge in [-0.15, -0.1) is 0 Å². The molecule has 1 N–H and O–H groups in total. The highest BCUT2D eigenvalue weighted by atomic mass is 19.1. The van der Waals surface area contributed by atoms with Gasteiger partial charge in [-0.3, -0.25) is 4.79 Å². The third-order valence-electron chi connectivity index (χ3n) is 6.03. The van der Waals surface area contributed by atoms with Gasteiger partial charge in [-0.05, 0) is 63.4 Å². The third kappa shape index (κ3) is 3.60. The molecule has 1 amide bonds. The van der Waals surface area contributed by atoms with Crippen LogP contribution in [0.1, 0.15) is 57.1 Å². The fraction of sp³-hybridized carbons (Fsp3) is 0.417. The third-order valence-corrected chi connectivity index (χ3v) is 6.03. The second-order valence-corrected chi connectivity index (χ2v) is 8.32. The molecule has 1 aliphatic heterocycles. The minimum atomic E-state index is -0.802. The second kappa shape index (κ2) is 8.19. The van der Waals surface area contributed by atoms with Gasteiger partial charge in [0.25, 0.3) is 0 Å². The van der Waals surface area contributed by atoms with Crippen LogP contribution in [0.3, 0.4) is 0 Å². The first kappa shape index (κ1) is 20.5. The number of ether oxygens (including phenoxy) is 1. The molecule has 1 aliphatic rings. The van der Waals surface area contributed by atoms with Gasteiger partial charge in [0, 0.05) is 19.3 Å². The van der Waals surface area contributed by atoms with Crippen LogP contribution in [0.5, 0.6) is 0 Å². The Labute approximate surface area is 176 Å². The van der Waals surface area contributed by atoms with Crippen molar-refractivity contribution in [1.29, 1.82) is 0 Å². The summed E-state index contributed by atoms with van der Waals surface area (Å²) in [5.41, 5.74) is 1.86. The van der Waals surface area contributed by atoms with Gasteiger partial charge in [-0.25, -0.2) is 9.37 Å². The van der Waals surface area contributed by atoms with Crippen molar-refractivity contribution in [3.8, 4) is 0 Å². The van der Waals surface area contributed by atoms with Gasteiger partial charge < -0.3 is 14.6 Å². The van der Waals surface area contributed by atoms with Gasteiger partial charge in [0.05, 0.1) is 22.5 Å². The van der Waals surface area contributed by atoms with Crippen molar-refractivity contribution in [3.05, 3.63) is 65.7 Å². The normalized spacial score (nSPS) is 17.2. The maximum Gasteiger partial charge on any atom is 0.231 e. The summed E-state index contributed by atoms with van der Waals surface area (Å²) in [5, 5.41) is 3.18. The first-order chi connectivity index (χ1) is 14.4. The Balaban J connectivity index is 1.68. The molecule has 0 bridgehead atoms. The van der Waals surface area contributed by atoms with Gasteiger partial charge in [0.15, 0.2) is 0 Å². The SMILES string of the molecule is CC(C)n1c([C@H](C)NC(=O)C2(c3cccc(F)c3)CCOCC2)nc2ccccc21. The molecule has 2 heterocycles. The number of hydrogen-bond acceptors (Lipinski definition) is 3. The quantitative estimate of drug-likeness (QED) is 0.666. The number of halogens is 1. The lowest BCUT2D eigenvalue weighted by Gasteiger charge is -2.37. The van der Waals surface area contributed by atoms with E-state index in [4.69, 9.17) is 9.72 Å². The number of rotatable bonds is 5. The van der Waals surface area contributed by atoms with Crippen LogP contribution in [0.2, 0.25) is 0 Å². The molecule has 0 radical (unpaired) electrons. The highest BCUT2D eigenvalue weighted by Gasteiger charge is 2.42. The number of amides is 1. The zero-order valence-corrected chi connectivity index (χ0v) is 17.7. The Bertz CT molecular complexity index is 1050. The van der Waals surface area contributed by atoms with E-state index in [1.54, 1.807) is 6.07 Å². The van der Waals surface area contributed by atoms with Crippen LogP contribution in [0.15, 0.2) is 48.5 Å². The lowest BCUT2D eigenvalue weighted by Crippen LogP contribution is -2.49. The maximum absolute atomic E-state index is 14.0. The predicted molar refractivity (Wildman–Crippen MR) is 115 cm³/mol. The molecule has 5 nitrogen and oxygen atoms in total. The molecule has 3 aromatic rings. The average Bonchev–Trinajstić information content (AvgIpc) is 3.14. The molecule has 30 heavy (non-hydrogen) atoms. The summed E-state index contributed by atoms with van der Waals surface area (Å²) in [6.07, 6.45) is 1.05. The number of imidazole rings is 1. The van der Waals surface area contributed by atoms with Crippen LogP contribution < -0.4 is 5.32 Å². The second-order valence-electron chi connectivity index (χ2n) is 8.32. The number of carbonyl (C=O) groups excluding carboxylic acids is 1. The molecule has 0 unspecified atom stereocenters. The Morgan fingerprint density at radius 2 is 1.87 bits per heavy atom. The number of aromatic nitrogens is 2. The summed E-state index contributed by atoms with van der Waals surface area (Å²) in [5.74, 6) is 0.382. The van der Waals surface area contributed by atoms with E-state index in [1.165, 1.54) is 12.1 Å². The van der Waals surface area contributed by atoms with Crippen molar-refractivity contribution in [2.45, 2.75) is 51.1 Å². The minimum absolute atomic E-state index is 0.105. The molecular weight excluding hydrogens is 381 g/mol. The highest BCUT2D eigenvalue weighted by molar-refractivity contribution is 5.88. The van der Waals surface area contributed by atoms with E-state index in [0.717, 1.165) is 16.9 Å². The minimum Gasteiger partial charge on any atom is -0.381 e. The Morgan fingerprint density at radius 3 is 2.57 bits per heavy atom. The molecule has 1 atom stereocenters. The molecule has 2 aromatic carbocycles. The number of hydrogen-bond donors (Lipinski definition) is 1. The highest BCUT2D eigenvalue weighted by Crippen LogP contribution is 2.36. The van der Waals surface area contributed by atoms with Crippen LogP contribution in [-0.2, 0) is 14.9 Å². The van der Waals surface area contributed by atoms with Gasteiger partial charge in [0.1, 0.15) is 11.6 Å². The van der Waals surface area contributed by atoms with E-state index in [-0.39, 0.29) is 23.8 Å². The molecule has 1 fully saturated rings. The average molecular weight is 410 g/mol. The Hall–Kier alpha value is -2.73. The number of nitrogens with one attached hydrogen (secondary N) is 1. The van der Waals surface area contributed by atoms with Crippen molar-refractivity contribution < 1.29 is 13.9 Å². The van der Waals surface area contributed by atoms with E-state index in [2.05, 4.69) is 23.7 Å². The first-order valence-electron chi connectivity index (χ1n) is 10.5. The fourth-order valence-electron chi connectivity index (χ4n) is 4.46. The monoisotopic (exact) mass is 409 g/mol. The van der Waals surface area contributed by atoms with E-state index in [9.17, 15) is 9.18 Å². The Kier molecular flexibility index (Phi) is 5.60. The van der Waals surface area contributed by atoms with Crippen LogP contribution in [0.4, 0.5) is 4.39 Å². The number of benzene rings is 2. The van der Waals surface area contributed by atoms with Gasteiger partial charge in [-0.1, -0.05) is 24.3 Å². The topological polar surface area (TPSA) is 56.2 Å². The fourth-order valence-corrected chi connectivity index (χ4v) is 4.46. The molecule has 6 heteroatoms. The summed E-state index contributed by atoms with van der Waals surface area (Å²) in [6, 6.07) is 14.3. The summed E-state index contributed by atoms with van der Waals surface area (Å²) < 4.78 is 21.6. The maximum atomic E-state index is 14.0. The van der Waals surface area contributed by atoms with Crippen LogP contribution >= 0.6 is 0 Å². The number of para-hydroxylation sites is 2. The number of nitrogens with zero attached hydrogens (tertiary/aromatic N) is 2. The predicted octanol–water partition coefficient (Wildman–Crippen LogP) is 4.68. The van der Waals surface area contributed by atoms with Gasteiger partial charge >= 0.3 is 0 Å². The standard InChI is InChI=1S/C24H28FN3O2/c1-16(2)28-21-10-5-4-9-20(21)27-22(28)17(3)26-23(29)24(11-13-30-14-12-24)18-7-6-8-19(25)15-18/h4-10,15-17H,11-14H2,1-3H3,(H,26,29)/t17-/m0/s1. The van der Waals surface area contributed by atoms with E-state index in [1.807, 2.05) is 37.3 Å². The smallest absolute Gasteiger partial charge is 0.231 e. The van der Waals surface area contributed by atoms with Crippen LogP contribution in [-0.4, -0.2) is 28.7 Å². The van der Waals surface area contributed by atoms with Crippen molar-refractivity contribution in [3.63, 3.8) is 0 Å². The summed E-state index contributed by atoms with van der Waals surface area (Å²) in [6.45, 7) is 7.12. The lowest BCUT2D eigenvalue weighted by molar-refractivity contribution is -0.131. The Morgan fingerprint density at radius 1 is 1.13 bits per heavy atom. The van der Waals surface area contributed by atoms with E-state index < -0.39 is 5.41 Å². The van der Waals surface area contributed by atoms with Crippen LogP contribution in [0, 0.1) is 5.82 Å². The van der Waals surface area contributed by atoms with Crippen molar-refractivity contribution in [2.75, 3.05) is 13.2 Å². The van der Waals surface area contributed by atoms with Crippen LogP contribution in [0.25, 0.3) is 11.0 Å².